The number of aliphatic hydroxyl groups is 1. The fraction of sp³-hybridized carbons (Fsp3) is 0.929. The number of ether oxygens (including phenoxy) is 1. The number of carbonyl (C=O) groups is 1. The van der Waals surface area contributed by atoms with E-state index in [0.29, 0.717) is 12.0 Å². The molecule has 5 heteroatoms. The van der Waals surface area contributed by atoms with Crippen molar-refractivity contribution < 1.29 is 14.6 Å². The second-order valence-corrected chi connectivity index (χ2v) is 5.78. The van der Waals surface area contributed by atoms with Crippen molar-refractivity contribution in [2.24, 2.45) is 5.92 Å². The van der Waals surface area contributed by atoms with Gasteiger partial charge in [-0.15, -0.1) is 0 Å². The first-order valence-corrected chi connectivity index (χ1v) is 7.50. The van der Waals surface area contributed by atoms with E-state index in [1.165, 1.54) is 0 Å². The summed E-state index contributed by atoms with van der Waals surface area (Å²) < 4.78 is 5.70. The van der Waals surface area contributed by atoms with E-state index in [2.05, 4.69) is 10.6 Å². The Morgan fingerprint density at radius 1 is 1.42 bits per heavy atom. The van der Waals surface area contributed by atoms with Gasteiger partial charge in [0.1, 0.15) is 0 Å². The molecule has 0 radical (unpaired) electrons. The van der Waals surface area contributed by atoms with Crippen molar-refractivity contribution >= 4 is 6.03 Å². The maximum atomic E-state index is 11.9. The van der Waals surface area contributed by atoms with Gasteiger partial charge in [0.05, 0.1) is 6.10 Å². The third-order valence-electron chi connectivity index (χ3n) is 4.27. The SMILES string of the molecule is CC(CCCO)NC(=O)NC1CCCC2OCCC12. The molecule has 0 bridgehead atoms. The lowest BCUT2D eigenvalue weighted by Gasteiger charge is -2.33. The third kappa shape index (κ3) is 4.08. The van der Waals surface area contributed by atoms with Crippen LogP contribution in [0.4, 0.5) is 4.79 Å². The number of hydrogen-bond acceptors (Lipinski definition) is 3. The molecule has 4 unspecified atom stereocenters. The Morgan fingerprint density at radius 3 is 3.05 bits per heavy atom. The summed E-state index contributed by atoms with van der Waals surface area (Å²) in [6.07, 6.45) is 6.28. The Morgan fingerprint density at radius 2 is 2.26 bits per heavy atom. The number of fused-ring (bicyclic) bond motifs is 1. The second-order valence-electron chi connectivity index (χ2n) is 5.78. The Hall–Kier alpha value is -0.810. The van der Waals surface area contributed by atoms with Gasteiger partial charge in [0.25, 0.3) is 0 Å². The lowest BCUT2D eigenvalue weighted by atomic mass is 9.82. The quantitative estimate of drug-likeness (QED) is 0.707. The molecular weight excluding hydrogens is 244 g/mol. The van der Waals surface area contributed by atoms with Crippen LogP contribution >= 0.6 is 0 Å². The topological polar surface area (TPSA) is 70.6 Å². The molecule has 0 aromatic heterocycles. The van der Waals surface area contributed by atoms with Gasteiger partial charge in [0, 0.05) is 31.2 Å². The first kappa shape index (κ1) is 14.6. The molecule has 19 heavy (non-hydrogen) atoms. The van der Waals surface area contributed by atoms with Gasteiger partial charge >= 0.3 is 6.03 Å². The Kier molecular flexibility index (Phi) is 5.45. The molecule has 1 heterocycles. The predicted molar refractivity (Wildman–Crippen MR) is 72.9 cm³/mol. The van der Waals surface area contributed by atoms with E-state index < -0.39 is 0 Å². The van der Waals surface area contributed by atoms with Gasteiger partial charge in [-0.3, -0.25) is 0 Å². The van der Waals surface area contributed by atoms with Gasteiger partial charge in [0.2, 0.25) is 0 Å². The number of amides is 2. The summed E-state index contributed by atoms with van der Waals surface area (Å²) in [5.74, 6) is 0.493. The Labute approximate surface area is 115 Å². The van der Waals surface area contributed by atoms with Crippen molar-refractivity contribution in [1.29, 1.82) is 0 Å². The molecule has 0 aromatic carbocycles. The van der Waals surface area contributed by atoms with E-state index in [1.807, 2.05) is 6.92 Å². The van der Waals surface area contributed by atoms with Crippen LogP contribution in [-0.2, 0) is 4.74 Å². The molecule has 110 valence electrons. The first-order valence-electron chi connectivity index (χ1n) is 7.50. The highest BCUT2D eigenvalue weighted by molar-refractivity contribution is 5.74. The van der Waals surface area contributed by atoms with Gasteiger partial charge in [-0.25, -0.2) is 4.79 Å². The molecule has 1 aliphatic carbocycles. The van der Waals surface area contributed by atoms with Crippen molar-refractivity contribution in [2.75, 3.05) is 13.2 Å². The van der Waals surface area contributed by atoms with E-state index in [1.54, 1.807) is 0 Å². The molecule has 2 amide bonds. The Bertz CT molecular complexity index is 298. The summed E-state index contributed by atoms with van der Waals surface area (Å²) in [5, 5.41) is 14.8. The highest BCUT2D eigenvalue weighted by Gasteiger charge is 2.38. The van der Waals surface area contributed by atoms with Gasteiger partial charge in [-0.1, -0.05) is 0 Å². The zero-order chi connectivity index (χ0) is 13.7. The second kappa shape index (κ2) is 7.10. The molecule has 1 aliphatic heterocycles. The molecule has 1 saturated carbocycles. The van der Waals surface area contributed by atoms with Gasteiger partial charge < -0.3 is 20.5 Å². The number of urea groups is 1. The van der Waals surface area contributed by atoms with Crippen LogP contribution < -0.4 is 10.6 Å². The van der Waals surface area contributed by atoms with Crippen molar-refractivity contribution in [2.45, 2.75) is 63.6 Å². The summed E-state index contributed by atoms with van der Waals surface area (Å²) in [6, 6.07) is 0.278. The minimum absolute atomic E-state index is 0.0806. The molecule has 2 rings (SSSR count). The van der Waals surface area contributed by atoms with Crippen LogP contribution in [0, 0.1) is 5.92 Å². The molecule has 0 spiro atoms. The fourth-order valence-electron chi connectivity index (χ4n) is 3.26. The van der Waals surface area contributed by atoms with E-state index in [4.69, 9.17) is 9.84 Å². The van der Waals surface area contributed by atoms with Crippen LogP contribution in [0.2, 0.25) is 0 Å². The van der Waals surface area contributed by atoms with E-state index in [-0.39, 0.29) is 24.7 Å². The minimum Gasteiger partial charge on any atom is -0.396 e. The van der Waals surface area contributed by atoms with Crippen molar-refractivity contribution in [1.82, 2.24) is 10.6 Å². The van der Waals surface area contributed by atoms with Gasteiger partial charge in [-0.2, -0.15) is 0 Å². The van der Waals surface area contributed by atoms with E-state index in [0.717, 1.165) is 45.1 Å². The van der Waals surface area contributed by atoms with Gasteiger partial charge in [-0.05, 0) is 45.4 Å². The molecule has 1 saturated heterocycles. The predicted octanol–water partition coefficient (Wildman–Crippen LogP) is 1.40. The number of aliphatic hydroxyl groups excluding tert-OH is 1. The first-order chi connectivity index (χ1) is 9.20. The molecule has 2 aliphatic rings. The Balaban J connectivity index is 1.75. The summed E-state index contributed by atoms with van der Waals surface area (Å²) >= 11 is 0. The van der Waals surface area contributed by atoms with Crippen LogP contribution in [0.1, 0.15) is 45.4 Å². The van der Waals surface area contributed by atoms with Crippen LogP contribution in [0.3, 0.4) is 0 Å². The van der Waals surface area contributed by atoms with Crippen LogP contribution in [-0.4, -0.2) is 42.5 Å². The summed E-state index contributed by atoms with van der Waals surface area (Å²) in [5.41, 5.74) is 0. The van der Waals surface area contributed by atoms with Crippen molar-refractivity contribution in [3.05, 3.63) is 0 Å². The normalized spacial score (nSPS) is 31.6. The highest BCUT2D eigenvalue weighted by atomic mass is 16.5. The zero-order valence-electron chi connectivity index (χ0n) is 11.7. The molecular formula is C14H26N2O3. The van der Waals surface area contributed by atoms with E-state index in [9.17, 15) is 4.79 Å². The average molecular weight is 270 g/mol. The maximum absolute atomic E-state index is 11.9. The standard InChI is InChI=1S/C14H26N2O3/c1-10(4-3-8-17)15-14(18)16-12-5-2-6-13-11(12)7-9-19-13/h10-13,17H,2-9H2,1H3,(H2,15,16,18). The number of rotatable bonds is 5. The number of carbonyl (C=O) groups excluding carboxylic acids is 1. The van der Waals surface area contributed by atoms with Crippen LogP contribution in [0.5, 0.6) is 0 Å². The summed E-state index contributed by atoms with van der Waals surface area (Å²) in [7, 11) is 0. The third-order valence-corrected chi connectivity index (χ3v) is 4.27. The molecule has 4 atom stereocenters. The zero-order valence-corrected chi connectivity index (χ0v) is 11.7. The van der Waals surface area contributed by atoms with Crippen molar-refractivity contribution in [3.8, 4) is 0 Å². The number of hydrogen-bond donors (Lipinski definition) is 3. The largest absolute Gasteiger partial charge is 0.396 e. The lowest BCUT2D eigenvalue weighted by Crippen LogP contribution is -2.50. The summed E-state index contributed by atoms with van der Waals surface area (Å²) in [6.45, 7) is 2.98. The molecule has 2 fully saturated rings. The average Bonchev–Trinajstić information content (AvgIpc) is 2.85. The number of nitrogens with one attached hydrogen (secondary N) is 2. The minimum atomic E-state index is -0.0806. The molecule has 0 aromatic rings. The van der Waals surface area contributed by atoms with Crippen molar-refractivity contribution in [3.63, 3.8) is 0 Å². The summed E-state index contributed by atoms with van der Waals surface area (Å²) in [4.78, 5) is 11.9. The molecule has 3 N–H and O–H groups in total. The van der Waals surface area contributed by atoms with Gasteiger partial charge in [0.15, 0.2) is 0 Å². The van der Waals surface area contributed by atoms with E-state index >= 15 is 0 Å². The fourth-order valence-corrected chi connectivity index (χ4v) is 3.26. The lowest BCUT2D eigenvalue weighted by molar-refractivity contribution is 0.0549. The van der Waals surface area contributed by atoms with Crippen LogP contribution in [0.15, 0.2) is 0 Å². The maximum Gasteiger partial charge on any atom is 0.315 e. The molecule has 5 nitrogen and oxygen atoms in total. The van der Waals surface area contributed by atoms with Crippen LogP contribution in [0.25, 0.3) is 0 Å². The monoisotopic (exact) mass is 270 g/mol. The smallest absolute Gasteiger partial charge is 0.315 e. The highest BCUT2D eigenvalue weighted by Crippen LogP contribution is 2.34.